The number of anilines is 1. The normalized spacial score (nSPS) is 9.89. The van der Waals surface area contributed by atoms with Gasteiger partial charge in [0.25, 0.3) is 0 Å². The molecule has 0 bridgehead atoms. The number of hydrogen-bond acceptors (Lipinski definition) is 3. The number of carbonyl (C=O) groups is 2. The van der Waals surface area contributed by atoms with E-state index in [9.17, 15) is 9.59 Å². The van der Waals surface area contributed by atoms with Crippen LogP contribution in [0.1, 0.15) is 15.9 Å². The van der Waals surface area contributed by atoms with Crippen LogP contribution in [-0.2, 0) is 6.54 Å². The van der Waals surface area contributed by atoms with Gasteiger partial charge in [-0.25, -0.2) is 9.59 Å². The zero-order valence-electron chi connectivity index (χ0n) is 9.88. The van der Waals surface area contributed by atoms with Crippen LogP contribution in [0.2, 0.25) is 0 Å². The molecule has 0 unspecified atom stereocenters. The van der Waals surface area contributed by atoms with Gasteiger partial charge in [-0.3, -0.25) is 5.10 Å². The lowest BCUT2D eigenvalue weighted by molar-refractivity contribution is 0.0697. The van der Waals surface area contributed by atoms with Gasteiger partial charge >= 0.3 is 12.0 Å². The van der Waals surface area contributed by atoms with Gasteiger partial charge in [0.1, 0.15) is 0 Å². The number of nitrogens with one attached hydrogen (secondary N) is 3. The molecule has 4 N–H and O–H groups in total. The highest BCUT2D eigenvalue weighted by Crippen LogP contribution is 2.09. The summed E-state index contributed by atoms with van der Waals surface area (Å²) in [7, 11) is 0. The molecule has 1 aromatic carbocycles. The van der Waals surface area contributed by atoms with E-state index in [0.29, 0.717) is 12.2 Å². The van der Waals surface area contributed by atoms with Crippen molar-refractivity contribution in [2.75, 3.05) is 5.32 Å². The molecule has 2 amide bonds. The lowest BCUT2D eigenvalue weighted by Gasteiger charge is -2.06. The molecule has 0 aliphatic carbocycles. The fourth-order valence-corrected chi connectivity index (χ4v) is 1.43. The van der Waals surface area contributed by atoms with Crippen LogP contribution < -0.4 is 10.6 Å². The maximum absolute atomic E-state index is 11.6. The van der Waals surface area contributed by atoms with Crippen molar-refractivity contribution in [3.05, 3.63) is 47.8 Å². The van der Waals surface area contributed by atoms with E-state index in [-0.39, 0.29) is 11.6 Å². The highest BCUT2D eigenvalue weighted by molar-refractivity contribution is 5.91. The topological polar surface area (TPSA) is 107 Å². The van der Waals surface area contributed by atoms with E-state index in [4.69, 9.17) is 5.11 Å². The van der Waals surface area contributed by atoms with Gasteiger partial charge in [0.15, 0.2) is 0 Å². The Kier molecular flexibility index (Phi) is 3.77. The minimum atomic E-state index is -1.00. The van der Waals surface area contributed by atoms with Gasteiger partial charge in [0.05, 0.1) is 11.8 Å². The maximum Gasteiger partial charge on any atom is 0.335 e. The van der Waals surface area contributed by atoms with E-state index >= 15 is 0 Å². The first-order valence-electron chi connectivity index (χ1n) is 5.51. The van der Waals surface area contributed by atoms with Crippen LogP contribution in [0, 0.1) is 0 Å². The Bertz CT molecular complexity index is 563. The second-order valence-electron chi connectivity index (χ2n) is 3.80. The van der Waals surface area contributed by atoms with Crippen LogP contribution in [0.15, 0.2) is 36.7 Å². The molecule has 0 radical (unpaired) electrons. The number of hydrogen-bond donors (Lipinski definition) is 4. The molecule has 1 aromatic heterocycles. The first-order chi connectivity index (χ1) is 9.15. The summed E-state index contributed by atoms with van der Waals surface area (Å²) in [4.78, 5) is 22.2. The highest BCUT2D eigenvalue weighted by atomic mass is 16.4. The minimum absolute atomic E-state index is 0.171. The number of urea groups is 1. The number of carbonyl (C=O) groups excluding carboxylic acids is 1. The second kappa shape index (κ2) is 5.67. The molecular weight excluding hydrogens is 248 g/mol. The summed E-state index contributed by atoms with van der Waals surface area (Å²) in [5.41, 5.74) is 1.55. The van der Waals surface area contributed by atoms with Crippen molar-refractivity contribution in [1.29, 1.82) is 0 Å². The number of aromatic amines is 1. The third-order valence-electron chi connectivity index (χ3n) is 2.40. The summed E-state index contributed by atoms with van der Waals surface area (Å²) in [5, 5.41) is 20.4. The van der Waals surface area contributed by atoms with Crippen LogP contribution in [0.4, 0.5) is 10.5 Å². The molecule has 0 fully saturated rings. The Labute approximate surface area is 108 Å². The fraction of sp³-hybridized carbons (Fsp3) is 0.0833. The Morgan fingerprint density at radius 2 is 2.00 bits per heavy atom. The van der Waals surface area contributed by atoms with Gasteiger partial charge in [-0.05, 0) is 24.3 Å². The van der Waals surface area contributed by atoms with Crippen molar-refractivity contribution >= 4 is 17.7 Å². The van der Waals surface area contributed by atoms with Crippen molar-refractivity contribution in [3.8, 4) is 0 Å². The average Bonchev–Trinajstić information content (AvgIpc) is 2.90. The summed E-state index contributed by atoms with van der Waals surface area (Å²) in [6.45, 7) is 0.357. The van der Waals surface area contributed by atoms with Crippen molar-refractivity contribution in [2.24, 2.45) is 0 Å². The van der Waals surface area contributed by atoms with Crippen LogP contribution in [0.5, 0.6) is 0 Å². The third kappa shape index (κ3) is 3.56. The van der Waals surface area contributed by atoms with E-state index in [1.165, 1.54) is 24.3 Å². The zero-order chi connectivity index (χ0) is 13.7. The van der Waals surface area contributed by atoms with Crippen LogP contribution in [-0.4, -0.2) is 27.3 Å². The fourth-order valence-electron chi connectivity index (χ4n) is 1.43. The molecule has 2 aromatic rings. The summed E-state index contributed by atoms with van der Waals surface area (Å²) in [6, 6.07) is 5.54. The number of H-pyrrole nitrogens is 1. The Hall–Kier alpha value is -2.83. The molecule has 98 valence electrons. The number of aromatic nitrogens is 2. The van der Waals surface area contributed by atoms with Crippen LogP contribution in [0.25, 0.3) is 0 Å². The van der Waals surface area contributed by atoms with Gasteiger partial charge in [0.2, 0.25) is 0 Å². The molecule has 7 heteroatoms. The molecule has 7 nitrogen and oxygen atoms in total. The molecule has 0 aliphatic rings. The Balaban J connectivity index is 1.86. The van der Waals surface area contributed by atoms with E-state index in [1.807, 2.05) is 0 Å². The number of benzene rings is 1. The second-order valence-corrected chi connectivity index (χ2v) is 3.80. The maximum atomic E-state index is 11.6. The largest absolute Gasteiger partial charge is 0.478 e. The predicted molar refractivity (Wildman–Crippen MR) is 67.8 cm³/mol. The van der Waals surface area contributed by atoms with Crippen LogP contribution in [0.3, 0.4) is 0 Å². The monoisotopic (exact) mass is 260 g/mol. The van der Waals surface area contributed by atoms with E-state index in [2.05, 4.69) is 20.8 Å². The first kappa shape index (κ1) is 12.6. The molecule has 0 spiro atoms. The summed E-state index contributed by atoms with van der Waals surface area (Å²) >= 11 is 0. The molecule has 1 heterocycles. The van der Waals surface area contributed by atoms with Crippen molar-refractivity contribution in [3.63, 3.8) is 0 Å². The molecule has 19 heavy (non-hydrogen) atoms. The number of carboxylic acids is 1. The number of amides is 2. The highest BCUT2D eigenvalue weighted by Gasteiger charge is 2.04. The lowest BCUT2D eigenvalue weighted by atomic mass is 10.2. The van der Waals surface area contributed by atoms with Crippen molar-refractivity contribution in [2.45, 2.75) is 6.54 Å². The number of aromatic carboxylic acids is 1. The predicted octanol–water partition coefficient (Wildman–Crippen LogP) is 1.43. The van der Waals surface area contributed by atoms with E-state index in [1.54, 1.807) is 12.4 Å². The average molecular weight is 260 g/mol. The van der Waals surface area contributed by atoms with Gasteiger partial charge in [-0.15, -0.1) is 0 Å². The van der Waals surface area contributed by atoms with E-state index < -0.39 is 5.97 Å². The molecule has 0 saturated carbocycles. The molecular formula is C12H12N4O3. The summed E-state index contributed by atoms with van der Waals surface area (Å²) < 4.78 is 0. The first-order valence-corrected chi connectivity index (χ1v) is 5.51. The van der Waals surface area contributed by atoms with Gasteiger partial charge in [0, 0.05) is 24.0 Å². The van der Waals surface area contributed by atoms with E-state index in [0.717, 1.165) is 5.56 Å². The Morgan fingerprint density at radius 1 is 1.26 bits per heavy atom. The molecule has 2 rings (SSSR count). The lowest BCUT2D eigenvalue weighted by Crippen LogP contribution is -2.28. The summed E-state index contributed by atoms with van der Waals surface area (Å²) in [6.07, 6.45) is 3.30. The SMILES string of the molecule is O=C(NCc1cn[nH]c1)Nc1ccc(C(=O)O)cc1. The standard InChI is InChI=1S/C12H12N4O3/c17-11(18)9-1-3-10(4-2-9)16-12(19)13-5-8-6-14-15-7-8/h1-4,6-7H,5H2,(H,14,15)(H,17,18)(H2,13,16,19). The smallest absolute Gasteiger partial charge is 0.335 e. The van der Waals surface area contributed by atoms with Gasteiger partial charge < -0.3 is 15.7 Å². The van der Waals surface area contributed by atoms with Crippen LogP contribution >= 0.6 is 0 Å². The molecule has 0 atom stereocenters. The number of carboxylic acid groups (broad SMARTS) is 1. The molecule has 0 aliphatic heterocycles. The van der Waals surface area contributed by atoms with Crippen molar-refractivity contribution in [1.82, 2.24) is 15.5 Å². The zero-order valence-corrected chi connectivity index (χ0v) is 9.88. The summed E-state index contributed by atoms with van der Waals surface area (Å²) in [5.74, 6) is -1.00. The number of nitrogens with zero attached hydrogens (tertiary/aromatic N) is 1. The quantitative estimate of drug-likeness (QED) is 0.667. The minimum Gasteiger partial charge on any atom is -0.478 e. The number of rotatable bonds is 4. The Morgan fingerprint density at radius 3 is 2.58 bits per heavy atom. The van der Waals surface area contributed by atoms with Gasteiger partial charge in [-0.1, -0.05) is 0 Å². The van der Waals surface area contributed by atoms with Gasteiger partial charge in [-0.2, -0.15) is 5.10 Å². The molecule has 0 saturated heterocycles. The van der Waals surface area contributed by atoms with Crippen molar-refractivity contribution < 1.29 is 14.7 Å². The third-order valence-corrected chi connectivity index (χ3v) is 2.40.